The van der Waals surface area contributed by atoms with Crippen molar-refractivity contribution in [2.24, 2.45) is 5.73 Å². The quantitative estimate of drug-likeness (QED) is 0.266. The van der Waals surface area contributed by atoms with Crippen molar-refractivity contribution in [2.45, 2.75) is 56.9 Å². The van der Waals surface area contributed by atoms with Crippen molar-refractivity contribution < 1.29 is 33.4 Å². The van der Waals surface area contributed by atoms with E-state index in [1.165, 1.54) is 16.7 Å². The summed E-state index contributed by atoms with van der Waals surface area (Å²) in [7, 11) is 0. The van der Waals surface area contributed by atoms with Crippen LogP contribution < -0.4 is 11.1 Å². The number of thioether (sulfide) groups is 1. The molecule has 0 radical (unpaired) electrons. The molecule has 0 aliphatic carbocycles. The predicted molar refractivity (Wildman–Crippen MR) is 153 cm³/mol. The third kappa shape index (κ3) is 7.29. The minimum Gasteiger partial charge on any atom is -0.448 e. The lowest BCUT2D eigenvalue weighted by Gasteiger charge is -2.49. The second-order valence-electron chi connectivity index (χ2n) is 10.5. The summed E-state index contributed by atoms with van der Waals surface area (Å²) in [6.45, 7) is 6.80. The summed E-state index contributed by atoms with van der Waals surface area (Å²) in [6.07, 6.45) is 0.128. The van der Waals surface area contributed by atoms with Gasteiger partial charge in [0.1, 0.15) is 28.8 Å². The molecule has 216 valence electrons. The molecule has 2 heterocycles. The van der Waals surface area contributed by atoms with E-state index in [1.54, 1.807) is 39.8 Å². The Balaban J connectivity index is 1.65. The number of carbonyl (C=O) groups excluding carboxylic acids is 4. The fourth-order valence-electron chi connectivity index (χ4n) is 4.42. The molecule has 0 saturated carbocycles. The number of β-lactam (4-membered cyclic amide) rings is 1. The molecule has 2 aliphatic rings. The Hall–Kier alpha value is -4.25. The number of nitrogens with two attached hydrogens (primary N) is 1. The number of nitrogens with one attached hydrogen (secondary N) is 1. The van der Waals surface area contributed by atoms with Crippen LogP contribution in [0.4, 0.5) is 9.59 Å². The van der Waals surface area contributed by atoms with Crippen LogP contribution in [0.15, 0.2) is 84.1 Å². The molecular weight excluding hydrogens is 546 g/mol. The van der Waals surface area contributed by atoms with Crippen molar-refractivity contribution in [1.82, 2.24) is 10.2 Å². The Morgan fingerprint density at radius 2 is 1.61 bits per heavy atom. The largest absolute Gasteiger partial charge is 0.448 e. The molecule has 2 aromatic rings. The summed E-state index contributed by atoms with van der Waals surface area (Å²) in [4.78, 5) is 52.2. The van der Waals surface area contributed by atoms with Gasteiger partial charge in [-0.05, 0) is 50.5 Å². The Morgan fingerprint density at radius 3 is 2.15 bits per heavy atom. The minimum absolute atomic E-state index is 0.0559. The molecule has 3 atom stereocenters. The van der Waals surface area contributed by atoms with Gasteiger partial charge in [0, 0.05) is 5.75 Å². The molecule has 0 aromatic heterocycles. The van der Waals surface area contributed by atoms with E-state index in [0.717, 1.165) is 11.1 Å². The minimum atomic E-state index is -0.934. The highest BCUT2D eigenvalue weighted by Crippen LogP contribution is 2.42. The van der Waals surface area contributed by atoms with E-state index in [-0.39, 0.29) is 5.70 Å². The lowest BCUT2D eigenvalue weighted by Crippen LogP contribution is -2.70. The number of esters is 1. The van der Waals surface area contributed by atoms with Crippen LogP contribution in [0.1, 0.15) is 44.9 Å². The van der Waals surface area contributed by atoms with Gasteiger partial charge in [-0.2, -0.15) is 0 Å². The zero-order valence-corrected chi connectivity index (χ0v) is 24.1. The van der Waals surface area contributed by atoms with Crippen LogP contribution in [0.2, 0.25) is 0 Å². The Morgan fingerprint density at radius 1 is 1.02 bits per heavy atom. The maximum atomic E-state index is 13.9. The first kappa shape index (κ1) is 29.7. The number of ether oxygens (including phenoxy) is 3. The van der Waals surface area contributed by atoms with Gasteiger partial charge >= 0.3 is 18.2 Å². The summed E-state index contributed by atoms with van der Waals surface area (Å²) in [5.41, 5.74) is 6.45. The van der Waals surface area contributed by atoms with Crippen LogP contribution in [0, 0.1) is 0 Å². The van der Waals surface area contributed by atoms with E-state index in [4.69, 9.17) is 19.9 Å². The van der Waals surface area contributed by atoms with Gasteiger partial charge in [-0.15, -0.1) is 11.8 Å². The molecule has 0 bridgehead atoms. The first-order valence-corrected chi connectivity index (χ1v) is 14.1. The lowest BCUT2D eigenvalue weighted by molar-refractivity contribution is -0.153. The van der Waals surface area contributed by atoms with Crippen LogP contribution in [0.25, 0.3) is 0 Å². The molecule has 0 unspecified atom stereocenters. The second-order valence-corrected chi connectivity index (χ2v) is 11.6. The summed E-state index contributed by atoms with van der Waals surface area (Å²) < 4.78 is 16.4. The van der Waals surface area contributed by atoms with Crippen molar-refractivity contribution in [2.75, 3.05) is 5.75 Å². The zero-order chi connectivity index (χ0) is 29.7. The molecule has 11 heteroatoms. The maximum Gasteiger partial charge on any atom is 0.408 e. The maximum absolute atomic E-state index is 13.9. The van der Waals surface area contributed by atoms with Gasteiger partial charge in [-0.1, -0.05) is 66.7 Å². The highest BCUT2D eigenvalue weighted by molar-refractivity contribution is 8.00. The topological polar surface area (TPSA) is 137 Å². The van der Waals surface area contributed by atoms with Gasteiger partial charge in [0.2, 0.25) is 0 Å². The summed E-state index contributed by atoms with van der Waals surface area (Å²) in [5.74, 6) is -0.851. The zero-order valence-electron chi connectivity index (χ0n) is 23.2. The number of amides is 3. The van der Waals surface area contributed by atoms with Crippen molar-refractivity contribution in [3.63, 3.8) is 0 Å². The third-order valence-corrected chi connectivity index (χ3v) is 7.47. The van der Waals surface area contributed by atoms with Crippen molar-refractivity contribution >= 4 is 35.8 Å². The lowest BCUT2D eigenvalue weighted by atomic mass is 10.0. The van der Waals surface area contributed by atoms with E-state index in [1.807, 2.05) is 60.7 Å². The number of benzene rings is 2. The van der Waals surface area contributed by atoms with Crippen LogP contribution in [0.5, 0.6) is 0 Å². The molecular formula is C30H33N3O7S. The second kappa shape index (κ2) is 12.5. The molecule has 1 saturated heterocycles. The fraction of sp³-hybridized carbons (Fsp3) is 0.333. The van der Waals surface area contributed by atoms with Crippen LogP contribution in [-0.2, 0) is 23.8 Å². The van der Waals surface area contributed by atoms with Crippen LogP contribution >= 0.6 is 11.8 Å². The first-order valence-electron chi connectivity index (χ1n) is 13.1. The number of fused-ring (bicyclic) bond motifs is 1. The average Bonchev–Trinajstić information content (AvgIpc) is 2.92. The number of nitrogens with zero attached hydrogens (tertiary/aromatic N) is 1. The highest BCUT2D eigenvalue weighted by atomic mass is 32.2. The number of carbonyl (C=O) groups is 4. The predicted octanol–water partition coefficient (Wildman–Crippen LogP) is 4.42. The van der Waals surface area contributed by atoms with Gasteiger partial charge in [0.15, 0.2) is 6.10 Å². The first-order chi connectivity index (χ1) is 19.4. The highest BCUT2D eigenvalue weighted by Gasteiger charge is 2.54. The summed E-state index contributed by atoms with van der Waals surface area (Å²) >= 11 is 1.38. The Kier molecular flexibility index (Phi) is 9.07. The monoisotopic (exact) mass is 579 g/mol. The Bertz CT molecular complexity index is 1320. The van der Waals surface area contributed by atoms with Gasteiger partial charge in [0.25, 0.3) is 5.91 Å². The Labute approximate surface area is 242 Å². The number of primary amides is 1. The number of hydrogen-bond acceptors (Lipinski definition) is 8. The van der Waals surface area contributed by atoms with Crippen LogP contribution in [-0.4, -0.2) is 57.8 Å². The van der Waals surface area contributed by atoms with E-state index in [2.05, 4.69) is 5.32 Å². The van der Waals surface area contributed by atoms with Crippen molar-refractivity contribution in [3.05, 3.63) is 95.2 Å². The van der Waals surface area contributed by atoms with Crippen LogP contribution in [0.3, 0.4) is 0 Å². The number of alkyl carbamates (subject to hydrolysis) is 1. The smallest absolute Gasteiger partial charge is 0.408 e. The fourth-order valence-corrected chi connectivity index (χ4v) is 5.73. The van der Waals surface area contributed by atoms with Crippen molar-refractivity contribution in [1.29, 1.82) is 0 Å². The number of hydrogen-bond donors (Lipinski definition) is 2. The van der Waals surface area contributed by atoms with Gasteiger partial charge in [-0.25, -0.2) is 14.4 Å². The third-order valence-electron chi connectivity index (χ3n) is 6.16. The standard InChI is InChI=1S/C30H33N3O7S/c1-18(38-28(31)36)15-16-21-17-41-26-22(32-29(37)40-30(2,3)4)25(34)33(26)23(21)27(35)39-24(19-11-7-5-8-12-19)20-13-9-6-10-14-20/h5-16,18,22,24,26H,17H2,1-4H3,(H2,31,36)(H,32,37)/b16-15-/t18-,22+,26+/m0/s1. The molecule has 3 N–H and O–H groups in total. The number of allylic oxidation sites excluding steroid dienone is 1. The molecule has 1 fully saturated rings. The summed E-state index contributed by atoms with van der Waals surface area (Å²) in [5, 5.41) is 2.08. The molecule has 3 amide bonds. The molecule has 2 aromatic carbocycles. The number of rotatable bonds is 8. The van der Waals surface area contributed by atoms with E-state index in [0.29, 0.717) is 11.3 Å². The SMILES string of the molecule is C[C@@H](/C=C\C1=C(C(=O)OC(c2ccccc2)c2ccccc2)N2C(=O)[C@@H](NC(=O)OC(C)(C)C)[C@H]2SC1)OC(N)=O. The molecule has 10 nitrogen and oxygen atoms in total. The normalized spacial score (nSPS) is 19.3. The van der Waals surface area contributed by atoms with Crippen molar-refractivity contribution in [3.8, 4) is 0 Å². The van der Waals surface area contributed by atoms with E-state index in [9.17, 15) is 19.2 Å². The van der Waals surface area contributed by atoms with Gasteiger partial charge in [0.05, 0.1) is 0 Å². The molecule has 2 aliphatic heterocycles. The molecule has 0 spiro atoms. The van der Waals surface area contributed by atoms with Gasteiger partial charge in [-0.3, -0.25) is 9.69 Å². The van der Waals surface area contributed by atoms with E-state index < -0.39 is 53.3 Å². The van der Waals surface area contributed by atoms with Gasteiger partial charge < -0.3 is 25.3 Å². The molecule has 41 heavy (non-hydrogen) atoms. The summed E-state index contributed by atoms with van der Waals surface area (Å²) in [6, 6.07) is 17.7. The van der Waals surface area contributed by atoms with E-state index >= 15 is 0 Å². The molecule has 4 rings (SSSR count). The average molecular weight is 580 g/mol.